The second-order valence-electron chi connectivity index (χ2n) is 8.72. The summed E-state index contributed by atoms with van der Waals surface area (Å²) in [5, 5.41) is 2.90. The number of fused-ring (bicyclic) bond motifs is 1. The highest BCUT2D eigenvalue weighted by Gasteiger charge is 2.26. The first kappa shape index (κ1) is 25.4. The Labute approximate surface area is 198 Å². The summed E-state index contributed by atoms with van der Waals surface area (Å²) in [5.74, 6) is -0.0343. The van der Waals surface area contributed by atoms with E-state index < -0.39 is 33.2 Å². The molecule has 0 aliphatic heterocycles. The lowest BCUT2D eigenvalue weighted by molar-refractivity contribution is -0.122. The third kappa shape index (κ3) is 5.63. The number of carbonyl (C=O) groups excluding carboxylic acids is 1. The normalized spacial score (nSPS) is 12.7. The highest BCUT2D eigenvalue weighted by molar-refractivity contribution is 7.89. The molecule has 0 fully saturated rings. The van der Waals surface area contributed by atoms with Crippen molar-refractivity contribution < 1.29 is 13.2 Å². The molecule has 182 valence electrons. The molecule has 0 saturated heterocycles. The molecule has 34 heavy (non-hydrogen) atoms. The summed E-state index contributed by atoms with van der Waals surface area (Å²) in [7, 11) is -1.31. The van der Waals surface area contributed by atoms with E-state index in [2.05, 4.69) is 10.0 Å². The minimum Gasteiger partial charge on any atom is -0.355 e. The first-order chi connectivity index (χ1) is 16.0. The zero-order valence-electron chi connectivity index (χ0n) is 19.7. The molecule has 0 unspecified atom stereocenters. The van der Waals surface area contributed by atoms with E-state index in [0.29, 0.717) is 18.0 Å². The van der Waals surface area contributed by atoms with Gasteiger partial charge in [-0.15, -0.1) is 0 Å². The number of hydrogen-bond acceptors (Lipinski definition) is 5. The van der Waals surface area contributed by atoms with Crippen molar-refractivity contribution in [2.45, 2.75) is 37.6 Å². The van der Waals surface area contributed by atoms with Gasteiger partial charge in [0, 0.05) is 20.6 Å². The van der Waals surface area contributed by atoms with Crippen molar-refractivity contribution in [1.82, 2.24) is 19.2 Å². The second kappa shape index (κ2) is 10.4. The summed E-state index contributed by atoms with van der Waals surface area (Å²) < 4.78 is 31.2. The van der Waals surface area contributed by atoms with Gasteiger partial charge in [-0.1, -0.05) is 44.2 Å². The fourth-order valence-corrected chi connectivity index (χ4v) is 4.86. The van der Waals surface area contributed by atoms with Crippen LogP contribution in [0.1, 0.15) is 25.8 Å². The zero-order chi connectivity index (χ0) is 25.0. The van der Waals surface area contributed by atoms with E-state index in [9.17, 15) is 22.8 Å². The summed E-state index contributed by atoms with van der Waals surface area (Å²) in [6, 6.07) is 12.1. The van der Waals surface area contributed by atoms with Crippen LogP contribution in [0.2, 0.25) is 0 Å². The van der Waals surface area contributed by atoms with Gasteiger partial charge in [0.15, 0.2) is 0 Å². The Morgan fingerprint density at radius 3 is 2.32 bits per heavy atom. The molecule has 0 radical (unpaired) electrons. The number of aromatic nitrogens is 2. The van der Waals surface area contributed by atoms with Crippen LogP contribution in [0.25, 0.3) is 10.9 Å². The van der Waals surface area contributed by atoms with E-state index in [1.54, 1.807) is 0 Å². The van der Waals surface area contributed by atoms with E-state index in [0.717, 1.165) is 16.6 Å². The fourth-order valence-electron chi connectivity index (χ4n) is 3.64. The maximum absolute atomic E-state index is 13.2. The van der Waals surface area contributed by atoms with E-state index >= 15 is 0 Å². The lowest BCUT2D eigenvalue weighted by atomic mass is 10.1. The molecule has 0 saturated carbocycles. The van der Waals surface area contributed by atoms with Crippen LogP contribution >= 0.6 is 0 Å². The minimum absolute atomic E-state index is 0.0912. The SMILES string of the molecule is CC(C)CCNC(=O)[C@@H](Cc1ccccc1)NS(=O)(=O)c1ccc2c(c1)c(=O)n(C)c(=O)n2C. The Hall–Kier alpha value is -3.24. The van der Waals surface area contributed by atoms with Gasteiger partial charge in [-0.2, -0.15) is 4.72 Å². The van der Waals surface area contributed by atoms with E-state index in [-0.39, 0.29) is 16.7 Å². The van der Waals surface area contributed by atoms with Gasteiger partial charge >= 0.3 is 5.69 Å². The Morgan fingerprint density at radius 1 is 1.00 bits per heavy atom. The molecule has 3 rings (SSSR count). The molecule has 0 aliphatic carbocycles. The molecule has 10 heteroatoms. The number of nitrogens with zero attached hydrogens (tertiary/aromatic N) is 2. The highest BCUT2D eigenvalue weighted by atomic mass is 32.2. The number of benzene rings is 2. The summed E-state index contributed by atoms with van der Waals surface area (Å²) in [4.78, 5) is 37.5. The highest BCUT2D eigenvalue weighted by Crippen LogP contribution is 2.16. The number of rotatable bonds is 9. The van der Waals surface area contributed by atoms with Crippen molar-refractivity contribution in [3.63, 3.8) is 0 Å². The maximum atomic E-state index is 13.2. The zero-order valence-corrected chi connectivity index (χ0v) is 20.6. The van der Waals surface area contributed by atoms with Crippen LogP contribution in [0.3, 0.4) is 0 Å². The molecule has 1 aromatic heterocycles. The van der Waals surface area contributed by atoms with Gasteiger partial charge in [0.05, 0.1) is 15.8 Å². The van der Waals surface area contributed by atoms with Crippen molar-refractivity contribution in [1.29, 1.82) is 0 Å². The smallest absolute Gasteiger partial charge is 0.330 e. The summed E-state index contributed by atoms with van der Waals surface area (Å²) in [6.07, 6.45) is 0.931. The molecule has 1 atom stereocenters. The number of nitrogens with one attached hydrogen (secondary N) is 2. The molecule has 9 nitrogen and oxygen atoms in total. The fraction of sp³-hybridized carbons (Fsp3) is 0.375. The number of aryl methyl sites for hydroxylation is 1. The first-order valence-corrected chi connectivity index (χ1v) is 12.5. The van der Waals surface area contributed by atoms with Crippen LogP contribution < -0.4 is 21.3 Å². The predicted octanol–water partition coefficient (Wildman–Crippen LogP) is 1.29. The van der Waals surface area contributed by atoms with Gasteiger partial charge in [0.1, 0.15) is 6.04 Å². The second-order valence-corrected chi connectivity index (χ2v) is 10.4. The first-order valence-electron chi connectivity index (χ1n) is 11.0. The summed E-state index contributed by atoms with van der Waals surface area (Å²) >= 11 is 0. The molecule has 0 bridgehead atoms. The maximum Gasteiger partial charge on any atom is 0.330 e. The average Bonchev–Trinajstić information content (AvgIpc) is 2.80. The summed E-state index contributed by atoms with van der Waals surface area (Å²) in [6.45, 7) is 4.51. The quantitative estimate of drug-likeness (QED) is 0.472. The van der Waals surface area contributed by atoms with Crippen LogP contribution in [0, 0.1) is 5.92 Å². The molecule has 0 aliphatic rings. The Kier molecular flexibility index (Phi) is 7.73. The minimum atomic E-state index is -4.16. The van der Waals surface area contributed by atoms with Gasteiger partial charge in [0.2, 0.25) is 15.9 Å². The molecule has 2 aromatic carbocycles. The number of amides is 1. The number of sulfonamides is 1. The largest absolute Gasteiger partial charge is 0.355 e. The number of carbonyl (C=O) groups is 1. The van der Waals surface area contributed by atoms with Crippen molar-refractivity contribution in [3.05, 3.63) is 74.9 Å². The van der Waals surface area contributed by atoms with E-state index in [4.69, 9.17) is 0 Å². The number of hydrogen-bond donors (Lipinski definition) is 2. The van der Waals surface area contributed by atoms with Gasteiger partial charge < -0.3 is 5.32 Å². The molecule has 1 amide bonds. The molecule has 0 spiro atoms. The van der Waals surface area contributed by atoms with Gasteiger partial charge in [0.25, 0.3) is 5.56 Å². The van der Waals surface area contributed by atoms with Gasteiger partial charge in [-0.05, 0) is 42.5 Å². The van der Waals surface area contributed by atoms with Crippen LogP contribution in [0.4, 0.5) is 0 Å². The lowest BCUT2D eigenvalue weighted by Gasteiger charge is -2.19. The van der Waals surface area contributed by atoms with Crippen LogP contribution in [-0.4, -0.2) is 36.0 Å². The third-order valence-corrected chi connectivity index (χ3v) is 7.14. The van der Waals surface area contributed by atoms with Crippen LogP contribution in [0.15, 0.2) is 63.0 Å². The Morgan fingerprint density at radius 2 is 1.68 bits per heavy atom. The van der Waals surface area contributed by atoms with Crippen LogP contribution in [-0.2, 0) is 35.3 Å². The third-order valence-electron chi connectivity index (χ3n) is 5.67. The molecular formula is C24H30N4O5S. The molecule has 1 heterocycles. The standard InChI is InChI=1S/C24H30N4O5S/c1-16(2)12-13-25-22(29)20(14-17-8-6-5-7-9-17)26-34(32,33)18-10-11-21-19(15-18)23(30)28(4)24(31)27(21)3/h5-11,15-16,20,26H,12-14H2,1-4H3,(H,25,29)/t20-/m1/s1. The molecule has 2 N–H and O–H groups in total. The molecule has 3 aromatic rings. The summed E-state index contributed by atoms with van der Waals surface area (Å²) in [5.41, 5.74) is 0.0190. The van der Waals surface area contributed by atoms with E-state index in [1.165, 1.54) is 36.9 Å². The van der Waals surface area contributed by atoms with Crippen LogP contribution in [0.5, 0.6) is 0 Å². The van der Waals surface area contributed by atoms with Crippen molar-refractivity contribution >= 4 is 26.8 Å². The topological polar surface area (TPSA) is 119 Å². The van der Waals surface area contributed by atoms with E-state index in [1.807, 2.05) is 44.2 Å². The lowest BCUT2D eigenvalue weighted by Crippen LogP contribution is -2.48. The predicted molar refractivity (Wildman–Crippen MR) is 131 cm³/mol. The van der Waals surface area contributed by atoms with Gasteiger partial charge in [-0.25, -0.2) is 13.2 Å². The van der Waals surface area contributed by atoms with Crippen molar-refractivity contribution in [2.24, 2.45) is 20.0 Å². The van der Waals surface area contributed by atoms with Gasteiger partial charge in [-0.3, -0.25) is 18.7 Å². The molecular weight excluding hydrogens is 456 g/mol. The van der Waals surface area contributed by atoms with Crippen molar-refractivity contribution in [2.75, 3.05) is 6.54 Å². The Balaban J connectivity index is 1.95. The monoisotopic (exact) mass is 486 g/mol. The van der Waals surface area contributed by atoms with Crippen molar-refractivity contribution in [3.8, 4) is 0 Å². The average molecular weight is 487 g/mol. The Bertz CT molecular complexity index is 1410.